The predicted molar refractivity (Wildman–Crippen MR) is 59.7 cm³/mol. The van der Waals surface area contributed by atoms with Crippen molar-refractivity contribution in [1.82, 2.24) is 5.32 Å². The first kappa shape index (κ1) is 12.9. The molecule has 1 rings (SSSR count). The lowest BCUT2D eigenvalue weighted by molar-refractivity contribution is -0.142. The lowest BCUT2D eigenvalue weighted by atomic mass is 10.2. The second kappa shape index (κ2) is 5.82. The van der Waals surface area contributed by atoms with Crippen molar-refractivity contribution < 1.29 is 13.9 Å². The quantitative estimate of drug-likeness (QED) is 0.826. The normalized spacial score (nSPS) is 12.2. The third-order valence-electron chi connectivity index (χ3n) is 2.16. The summed E-state index contributed by atoms with van der Waals surface area (Å²) in [5.41, 5.74) is 0.420. The number of ether oxygens (including phenoxy) is 1. The number of esters is 1. The lowest BCUT2D eigenvalue weighted by Gasteiger charge is -2.11. The first-order chi connectivity index (χ1) is 7.54. The monoisotopic (exact) mass is 245 g/mol. The van der Waals surface area contributed by atoms with Gasteiger partial charge in [-0.05, 0) is 25.1 Å². The maximum Gasteiger partial charge on any atom is 0.322 e. The molecule has 0 spiro atoms. The van der Waals surface area contributed by atoms with Crippen molar-refractivity contribution in [3.63, 3.8) is 0 Å². The van der Waals surface area contributed by atoms with Crippen LogP contribution in [0.25, 0.3) is 0 Å². The van der Waals surface area contributed by atoms with Crippen molar-refractivity contribution >= 4 is 17.6 Å². The van der Waals surface area contributed by atoms with Crippen LogP contribution in [0, 0.1) is 5.82 Å². The van der Waals surface area contributed by atoms with Crippen LogP contribution in [0.3, 0.4) is 0 Å². The number of halogens is 2. The van der Waals surface area contributed by atoms with Gasteiger partial charge in [-0.1, -0.05) is 11.6 Å². The van der Waals surface area contributed by atoms with Crippen LogP contribution < -0.4 is 5.32 Å². The number of methoxy groups -OCH3 is 1. The van der Waals surface area contributed by atoms with E-state index in [2.05, 4.69) is 10.1 Å². The van der Waals surface area contributed by atoms with Gasteiger partial charge >= 0.3 is 5.97 Å². The lowest BCUT2D eigenvalue weighted by Crippen LogP contribution is -2.34. The highest BCUT2D eigenvalue weighted by Gasteiger charge is 2.12. The van der Waals surface area contributed by atoms with Gasteiger partial charge in [0.25, 0.3) is 0 Å². The third-order valence-corrected chi connectivity index (χ3v) is 2.40. The van der Waals surface area contributed by atoms with Gasteiger partial charge in [-0.2, -0.15) is 0 Å². The van der Waals surface area contributed by atoms with Crippen molar-refractivity contribution in [3.8, 4) is 0 Å². The topological polar surface area (TPSA) is 38.3 Å². The maximum absolute atomic E-state index is 13.3. The number of benzene rings is 1. The molecule has 0 amide bonds. The Hall–Kier alpha value is -1.13. The molecule has 5 heteroatoms. The minimum Gasteiger partial charge on any atom is -0.468 e. The zero-order chi connectivity index (χ0) is 12.1. The Labute approximate surface area is 98.5 Å². The first-order valence-corrected chi connectivity index (χ1v) is 5.17. The van der Waals surface area contributed by atoms with E-state index in [4.69, 9.17) is 11.6 Å². The van der Waals surface area contributed by atoms with Gasteiger partial charge in [0, 0.05) is 17.1 Å². The molecule has 0 aliphatic carbocycles. The van der Waals surface area contributed by atoms with Crippen molar-refractivity contribution in [2.45, 2.75) is 19.5 Å². The SMILES string of the molecule is COC(=O)[C@H](C)NCc1cc(Cl)ccc1F. The van der Waals surface area contributed by atoms with Gasteiger partial charge in [0.15, 0.2) is 0 Å². The van der Waals surface area contributed by atoms with Crippen LogP contribution in [-0.2, 0) is 16.1 Å². The predicted octanol–water partition coefficient (Wildman–Crippen LogP) is 2.13. The number of hydrogen-bond donors (Lipinski definition) is 1. The van der Waals surface area contributed by atoms with E-state index in [0.717, 1.165) is 0 Å². The summed E-state index contributed by atoms with van der Waals surface area (Å²) in [5, 5.41) is 3.31. The molecule has 0 aliphatic heterocycles. The van der Waals surface area contributed by atoms with E-state index >= 15 is 0 Å². The van der Waals surface area contributed by atoms with Crippen molar-refractivity contribution in [3.05, 3.63) is 34.6 Å². The van der Waals surface area contributed by atoms with Crippen molar-refractivity contribution in [1.29, 1.82) is 0 Å². The Balaban J connectivity index is 2.60. The van der Waals surface area contributed by atoms with Gasteiger partial charge < -0.3 is 10.1 Å². The van der Waals surface area contributed by atoms with Gasteiger partial charge in [-0.15, -0.1) is 0 Å². The van der Waals surface area contributed by atoms with Crippen LogP contribution in [0.15, 0.2) is 18.2 Å². The fourth-order valence-corrected chi connectivity index (χ4v) is 1.40. The molecule has 0 saturated heterocycles. The van der Waals surface area contributed by atoms with E-state index in [1.165, 1.54) is 25.3 Å². The highest BCUT2D eigenvalue weighted by Crippen LogP contribution is 2.14. The van der Waals surface area contributed by atoms with E-state index in [-0.39, 0.29) is 18.3 Å². The maximum atomic E-state index is 13.3. The molecule has 0 unspecified atom stereocenters. The Morgan fingerprint density at radius 1 is 1.62 bits per heavy atom. The van der Waals surface area contributed by atoms with Gasteiger partial charge in [0.05, 0.1) is 7.11 Å². The van der Waals surface area contributed by atoms with Crippen molar-refractivity contribution in [2.75, 3.05) is 7.11 Å². The molecule has 16 heavy (non-hydrogen) atoms. The second-order valence-corrected chi connectivity index (χ2v) is 3.80. The minimum atomic E-state index is -0.483. The number of rotatable bonds is 4. The van der Waals surface area contributed by atoms with Crippen LogP contribution in [0.5, 0.6) is 0 Å². The summed E-state index contributed by atoms with van der Waals surface area (Å²) >= 11 is 5.74. The zero-order valence-corrected chi connectivity index (χ0v) is 9.84. The molecule has 1 aromatic carbocycles. The van der Waals surface area contributed by atoms with E-state index in [1.54, 1.807) is 6.92 Å². The van der Waals surface area contributed by atoms with E-state index in [1.807, 2.05) is 0 Å². The first-order valence-electron chi connectivity index (χ1n) is 4.79. The number of carbonyl (C=O) groups is 1. The largest absolute Gasteiger partial charge is 0.468 e. The summed E-state index contributed by atoms with van der Waals surface area (Å²) in [6.07, 6.45) is 0. The Morgan fingerprint density at radius 2 is 2.31 bits per heavy atom. The fraction of sp³-hybridized carbons (Fsp3) is 0.364. The Morgan fingerprint density at radius 3 is 2.94 bits per heavy atom. The summed E-state index contributed by atoms with van der Waals surface area (Å²) in [7, 11) is 1.31. The molecule has 0 aromatic heterocycles. The number of nitrogens with one attached hydrogen (secondary N) is 1. The minimum absolute atomic E-state index is 0.225. The highest BCUT2D eigenvalue weighted by molar-refractivity contribution is 6.30. The molecule has 0 fully saturated rings. The van der Waals surface area contributed by atoms with Gasteiger partial charge in [0.1, 0.15) is 11.9 Å². The van der Waals surface area contributed by atoms with Gasteiger partial charge in [0.2, 0.25) is 0 Å². The molecular formula is C11H13ClFNO2. The molecule has 0 heterocycles. The number of hydrogen-bond acceptors (Lipinski definition) is 3. The van der Waals surface area contributed by atoms with E-state index in [0.29, 0.717) is 10.6 Å². The zero-order valence-electron chi connectivity index (χ0n) is 9.09. The molecule has 0 bridgehead atoms. The van der Waals surface area contributed by atoms with Crippen LogP contribution in [0.4, 0.5) is 4.39 Å². The summed E-state index contributed by atoms with van der Waals surface area (Å²) in [4.78, 5) is 11.1. The van der Waals surface area contributed by atoms with Crippen LogP contribution >= 0.6 is 11.6 Å². The second-order valence-electron chi connectivity index (χ2n) is 3.36. The molecule has 1 N–H and O–H groups in total. The van der Waals surface area contributed by atoms with Gasteiger partial charge in [-0.25, -0.2) is 4.39 Å². The molecule has 88 valence electrons. The summed E-state index contributed by atoms with van der Waals surface area (Å²) in [5.74, 6) is -0.739. The number of carbonyl (C=O) groups excluding carboxylic acids is 1. The summed E-state index contributed by atoms with van der Waals surface area (Å²) < 4.78 is 17.8. The van der Waals surface area contributed by atoms with Crippen LogP contribution in [0.1, 0.15) is 12.5 Å². The standard InChI is InChI=1S/C11H13ClFNO2/c1-7(11(15)16-2)14-6-8-5-9(12)3-4-10(8)13/h3-5,7,14H,6H2,1-2H3/t7-/m0/s1. The Kier molecular flexibility index (Phi) is 4.71. The summed E-state index contributed by atoms with van der Waals surface area (Å²) in [6, 6.07) is 3.81. The summed E-state index contributed by atoms with van der Waals surface area (Å²) in [6.45, 7) is 1.87. The van der Waals surface area contributed by atoms with E-state index in [9.17, 15) is 9.18 Å². The van der Waals surface area contributed by atoms with Gasteiger partial charge in [-0.3, -0.25) is 4.79 Å². The average molecular weight is 246 g/mol. The smallest absolute Gasteiger partial charge is 0.322 e. The van der Waals surface area contributed by atoms with Crippen molar-refractivity contribution in [2.24, 2.45) is 0 Å². The molecular weight excluding hydrogens is 233 g/mol. The highest BCUT2D eigenvalue weighted by atomic mass is 35.5. The Bertz CT molecular complexity index is 384. The molecule has 1 atom stereocenters. The van der Waals surface area contributed by atoms with Crippen LogP contribution in [-0.4, -0.2) is 19.1 Å². The molecule has 3 nitrogen and oxygen atoms in total. The molecule has 1 aromatic rings. The van der Waals surface area contributed by atoms with Crippen LogP contribution in [0.2, 0.25) is 5.02 Å². The average Bonchev–Trinajstić information content (AvgIpc) is 2.28. The van der Waals surface area contributed by atoms with E-state index < -0.39 is 6.04 Å². The third kappa shape index (κ3) is 3.47. The molecule has 0 radical (unpaired) electrons. The molecule has 0 saturated carbocycles. The molecule has 0 aliphatic rings. The fourth-order valence-electron chi connectivity index (χ4n) is 1.20.